The average Bonchev–Trinajstić information content (AvgIpc) is 2.55. The normalized spacial score (nSPS) is 33.0. The summed E-state index contributed by atoms with van der Waals surface area (Å²) < 4.78 is 0. The van der Waals surface area contributed by atoms with Gasteiger partial charge < -0.3 is 10.6 Å². The quantitative estimate of drug-likeness (QED) is 0.861. The minimum Gasteiger partial charge on any atom is -0.342 e. The molecule has 0 aromatic carbocycles. The molecule has 0 bridgehead atoms. The van der Waals surface area contributed by atoms with Crippen molar-refractivity contribution >= 4 is 5.91 Å². The molecule has 0 unspecified atom stereocenters. The smallest absolute Gasteiger partial charge is 0.230 e. The second-order valence-electron chi connectivity index (χ2n) is 7.67. The monoisotopic (exact) mass is 294 g/mol. The Balaban J connectivity index is 2.00. The molecule has 21 heavy (non-hydrogen) atoms. The number of likely N-dealkylation sites (tertiary alicyclic amines) is 1. The van der Waals surface area contributed by atoms with Crippen molar-refractivity contribution in [3.8, 4) is 0 Å². The van der Waals surface area contributed by atoms with Gasteiger partial charge >= 0.3 is 0 Å². The molecule has 0 atom stereocenters. The fraction of sp³-hybridized carbons (Fsp3) is 0.944. The van der Waals surface area contributed by atoms with Gasteiger partial charge in [0.1, 0.15) is 0 Å². The number of carbonyl (C=O) groups is 1. The minimum atomic E-state index is -0.245. The van der Waals surface area contributed by atoms with E-state index in [1.807, 2.05) is 0 Å². The molecule has 3 nitrogen and oxygen atoms in total. The van der Waals surface area contributed by atoms with Gasteiger partial charge in [0, 0.05) is 19.6 Å². The summed E-state index contributed by atoms with van der Waals surface area (Å²) in [7, 11) is 0. The highest BCUT2D eigenvalue weighted by atomic mass is 16.2. The Morgan fingerprint density at radius 1 is 1.10 bits per heavy atom. The predicted molar refractivity (Wildman–Crippen MR) is 87.9 cm³/mol. The van der Waals surface area contributed by atoms with Crippen molar-refractivity contribution in [3.63, 3.8) is 0 Å². The van der Waals surface area contributed by atoms with Crippen LogP contribution >= 0.6 is 0 Å². The number of nitrogens with two attached hydrogens (primary N) is 1. The first-order valence-electron chi connectivity index (χ1n) is 9.00. The van der Waals surface area contributed by atoms with Crippen LogP contribution in [0.2, 0.25) is 0 Å². The molecule has 0 aromatic heterocycles. The molecule has 1 saturated heterocycles. The van der Waals surface area contributed by atoms with Crippen molar-refractivity contribution in [1.82, 2.24) is 4.90 Å². The molecule has 122 valence electrons. The van der Waals surface area contributed by atoms with Gasteiger partial charge in [-0.05, 0) is 49.9 Å². The van der Waals surface area contributed by atoms with Crippen LogP contribution < -0.4 is 5.73 Å². The number of piperidine rings is 1. The third kappa shape index (κ3) is 3.28. The topological polar surface area (TPSA) is 46.3 Å². The van der Waals surface area contributed by atoms with E-state index in [-0.39, 0.29) is 5.41 Å². The van der Waals surface area contributed by atoms with Crippen LogP contribution in [0.1, 0.15) is 72.1 Å². The van der Waals surface area contributed by atoms with Crippen LogP contribution in [-0.4, -0.2) is 30.4 Å². The lowest BCUT2D eigenvalue weighted by Gasteiger charge is -2.46. The Bertz CT molecular complexity index is 344. The third-order valence-electron chi connectivity index (χ3n) is 6.69. The molecule has 1 heterocycles. The Kier molecular flexibility index (Phi) is 5.34. The summed E-state index contributed by atoms with van der Waals surface area (Å²) in [4.78, 5) is 15.2. The standard InChI is InChI=1S/C18H34N2O/c1-4-17(5-2)10-12-20(13-11-17)16(21)18(14-19)8-6-15(3)7-9-18/h15H,4-14,19H2,1-3H3. The summed E-state index contributed by atoms with van der Waals surface area (Å²) in [5, 5.41) is 0. The predicted octanol–water partition coefficient (Wildman–Crippen LogP) is 3.57. The van der Waals surface area contributed by atoms with Gasteiger partial charge in [0.15, 0.2) is 0 Å². The zero-order chi connectivity index (χ0) is 15.5. The van der Waals surface area contributed by atoms with E-state index in [9.17, 15) is 4.79 Å². The molecule has 0 spiro atoms. The molecule has 1 aliphatic heterocycles. The molecule has 1 aliphatic carbocycles. The number of hydrogen-bond donors (Lipinski definition) is 1. The van der Waals surface area contributed by atoms with Gasteiger partial charge in [0.05, 0.1) is 5.41 Å². The molecule has 0 aromatic rings. The first-order chi connectivity index (χ1) is 10.0. The second kappa shape index (κ2) is 6.68. The van der Waals surface area contributed by atoms with Crippen LogP contribution in [0.25, 0.3) is 0 Å². The fourth-order valence-corrected chi connectivity index (χ4v) is 4.30. The molecular weight excluding hydrogens is 260 g/mol. The van der Waals surface area contributed by atoms with E-state index in [1.165, 1.54) is 25.7 Å². The van der Waals surface area contributed by atoms with Crippen LogP contribution in [0, 0.1) is 16.7 Å². The zero-order valence-electron chi connectivity index (χ0n) is 14.3. The van der Waals surface area contributed by atoms with Crippen molar-refractivity contribution in [2.45, 2.75) is 72.1 Å². The van der Waals surface area contributed by atoms with E-state index in [0.29, 0.717) is 17.9 Å². The van der Waals surface area contributed by atoms with E-state index in [1.54, 1.807) is 0 Å². The molecule has 3 heteroatoms. The van der Waals surface area contributed by atoms with E-state index < -0.39 is 0 Å². The number of hydrogen-bond acceptors (Lipinski definition) is 2. The average molecular weight is 294 g/mol. The lowest BCUT2D eigenvalue weighted by Crippen LogP contribution is -2.53. The van der Waals surface area contributed by atoms with Crippen molar-refractivity contribution < 1.29 is 4.79 Å². The number of rotatable bonds is 4. The van der Waals surface area contributed by atoms with E-state index in [2.05, 4.69) is 25.7 Å². The molecule has 2 aliphatic rings. The lowest BCUT2D eigenvalue weighted by molar-refractivity contribution is -0.146. The number of carbonyl (C=O) groups excluding carboxylic acids is 1. The summed E-state index contributed by atoms with van der Waals surface area (Å²) in [6, 6.07) is 0. The molecule has 0 radical (unpaired) electrons. The molecule has 1 saturated carbocycles. The molecule has 2 fully saturated rings. The number of nitrogens with zero attached hydrogens (tertiary/aromatic N) is 1. The van der Waals surface area contributed by atoms with Gasteiger partial charge in [-0.15, -0.1) is 0 Å². The Morgan fingerprint density at radius 2 is 1.62 bits per heavy atom. The Hall–Kier alpha value is -0.570. The maximum atomic E-state index is 13.0. The Morgan fingerprint density at radius 3 is 2.05 bits per heavy atom. The summed E-state index contributed by atoms with van der Waals surface area (Å²) in [6.07, 6.45) is 9.12. The van der Waals surface area contributed by atoms with Crippen LogP contribution in [0.3, 0.4) is 0 Å². The molecule has 2 rings (SSSR count). The first kappa shape index (κ1) is 16.8. The zero-order valence-corrected chi connectivity index (χ0v) is 14.3. The van der Waals surface area contributed by atoms with Crippen molar-refractivity contribution in [3.05, 3.63) is 0 Å². The molecule has 1 amide bonds. The summed E-state index contributed by atoms with van der Waals surface area (Å²) in [5.41, 5.74) is 6.28. The maximum Gasteiger partial charge on any atom is 0.230 e. The minimum absolute atomic E-state index is 0.245. The van der Waals surface area contributed by atoms with Crippen LogP contribution in [0.4, 0.5) is 0 Å². The van der Waals surface area contributed by atoms with Gasteiger partial charge in [-0.1, -0.05) is 33.6 Å². The first-order valence-corrected chi connectivity index (χ1v) is 9.00. The van der Waals surface area contributed by atoms with E-state index in [4.69, 9.17) is 5.73 Å². The van der Waals surface area contributed by atoms with E-state index in [0.717, 1.165) is 44.7 Å². The van der Waals surface area contributed by atoms with Gasteiger partial charge in [0.25, 0.3) is 0 Å². The van der Waals surface area contributed by atoms with Gasteiger partial charge in [0.2, 0.25) is 5.91 Å². The molecular formula is C18H34N2O. The van der Waals surface area contributed by atoms with Crippen LogP contribution in [-0.2, 0) is 4.79 Å². The van der Waals surface area contributed by atoms with Gasteiger partial charge in [-0.2, -0.15) is 0 Å². The second-order valence-corrected chi connectivity index (χ2v) is 7.67. The summed E-state index contributed by atoms with van der Waals surface area (Å²) in [5.74, 6) is 1.12. The third-order valence-corrected chi connectivity index (χ3v) is 6.69. The highest BCUT2D eigenvalue weighted by Crippen LogP contribution is 2.42. The van der Waals surface area contributed by atoms with Crippen molar-refractivity contribution in [1.29, 1.82) is 0 Å². The summed E-state index contributed by atoms with van der Waals surface area (Å²) in [6.45, 7) is 9.30. The fourth-order valence-electron chi connectivity index (χ4n) is 4.30. The van der Waals surface area contributed by atoms with Gasteiger partial charge in [-0.25, -0.2) is 0 Å². The molecule has 2 N–H and O–H groups in total. The highest BCUT2D eigenvalue weighted by Gasteiger charge is 2.44. The van der Waals surface area contributed by atoms with Crippen LogP contribution in [0.15, 0.2) is 0 Å². The van der Waals surface area contributed by atoms with E-state index >= 15 is 0 Å². The largest absolute Gasteiger partial charge is 0.342 e. The van der Waals surface area contributed by atoms with Gasteiger partial charge in [-0.3, -0.25) is 4.79 Å². The lowest BCUT2D eigenvalue weighted by atomic mass is 9.69. The van der Waals surface area contributed by atoms with Crippen molar-refractivity contribution in [2.24, 2.45) is 22.5 Å². The number of amides is 1. The Labute approximate surface area is 130 Å². The maximum absolute atomic E-state index is 13.0. The van der Waals surface area contributed by atoms with Crippen molar-refractivity contribution in [2.75, 3.05) is 19.6 Å². The highest BCUT2D eigenvalue weighted by molar-refractivity contribution is 5.83. The SMILES string of the molecule is CCC1(CC)CCN(C(=O)C2(CN)CCC(C)CC2)CC1. The van der Waals surface area contributed by atoms with Crippen LogP contribution in [0.5, 0.6) is 0 Å². The summed E-state index contributed by atoms with van der Waals surface area (Å²) >= 11 is 0.